The molecule has 0 bridgehead atoms. The number of para-hydroxylation sites is 1. The van der Waals surface area contributed by atoms with E-state index in [1.807, 2.05) is 6.92 Å². The number of rotatable bonds is 7. The molecule has 0 aromatic heterocycles. The summed E-state index contributed by atoms with van der Waals surface area (Å²) in [5.74, 6) is -2.10. The fourth-order valence-corrected chi connectivity index (χ4v) is 2.45. The van der Waals surface area contributed by atoms with Crippen molar-refractivity contribution in [2.24, 2.45) is 0 Å². The van der Waals surface area contributed by atoms with Crippen LogP contribution in [0.1, 0.15) is 25.8 Å². The van der Waals surface area contributed by atoms with Gasteiger partial charge >= 0.3 is 0 Å². The number of benzene rings is 2. The third-order valence-electron chi connectivity index (χ3n) is 3.71. The molecule has 134 valence electrons. The van der Waals surface area contributed by atoms with Gasteiger partial charge in [-0.3, -0.25) is 4.79 Å². The summed E-state index contributed by atoms with van der Waals surface area (Å²) in [6.07, 6.45) is -0.140. The van der Waals surface area contributed by atoms with Crippen molar-refractivity contribution in [1.82, 2.24) is 4.90 Å². The van der Waals surface area contributed by atoms with Crippen molar-refractivity contribution in [3.63, 3.8) is 0 Å². The van der Waals surface area contributed by atoms with E-state index in [9.17, 15) is 18.7 Å². The molecule has 0 saturated carbocycles. The molecule has 0 aliphatic rings. The van der Waals surface area contributed by atoms with Gasteiger partial charge in [0.2, 0.25) is 0 Å². The van der Waals surface area contributed by atoms with Crippen molar-refractivity contribution in [2.45, 2.75) is 32.9 Å². The molecule has 0 heterocycles. The van der Waals surface area contributed by atoms with E-state index in [2.05, 4.69) is 0 Å². The number of ether oxygens (including phenoxy) is 1. The van der Waals surface area contributed by atoms with E-state index in [1.54, 1.807) is 36.1 Å². The number of phenols is 1. The van der Waals surface area contributed by atoms with E-state index in [0.29, 0.717) is 12.1 Å². The zero-order valence-electron chi connectivity index (χ0n) is 14.2. The second-order valence-corrected chi connectivity index (χ2v) is 5.72. The Bertz CT molecular complexity index is 736. The van der Waals surface area contributed by atoms with Crippen LogP contribution in [0, 0.1) is 11.6 Å². The van der Waals surface area contributed by atoms with E-state index in [0.717, 1.165) is 18.6 Å². The smallest absolute Gasteiger partial charge is 0.263 e. The third kappa shape index (κ3) is 4.92. The van der Waals surface area contributed by atoms with Crippen LogP contribution < -0.4 is 4.74 Å². The number of phenolic OH excluding ortho intramolecular Hbond substituents is 1. The van der Waals surface area contributed by atoms with Crippen molar-refractivity contribution in [2.75, 3.05) is 6.54 Å². The highest BCUT2D eigenvalue weighted by molar-refractivity contribution is 5.81. The van der Waals surface area contributed by atoms with E-state index in [-0.39, 0.29) is 24.0 Å². The molecule has 0 radical (unpaired) electrons. The summed E-state index contributed by atoms with van der Waals surface area (Å²) in [5, 5.41) is 9.89. The Labute approximate surface area is 145 Å². The lowest BCUT2D eigenvalue weighted by molar-refractivity contribution is -0.138. The minimum atomic E-state index is -1.03. The highest BCUT2D eigenvalue weighted by Crippen LogP contribution is 2.20. The number of halogens is 2. The minimum absolute atomic E-state index is 0.0822. The summed E-state index contributed by atoms with van der Waals surface area (Å²) in [6, 6.07) is 9.93. The molecule has 2 aromatic rings. The number of hydrogen-bond acceptors (Lipinski definition) is 3. The maximum Gasteiger partial charge on any atom is 0.263 e. The first-order chi connectivity index (χ1) is 11.9. The molecule has 0 saturated heterocycles. The second-order valence-electron chi connectivity index (χ2n) is 5.72. The van der Waals surface area contributed by atoms with Crippen LogP contribution >= 0.6 is 0 Å². The number of nitrogens with zero attached hydrogens (tertiary/aromatic N) is 1. The van der Waals surface area contributed by atoms with Gasteiger partial charge in [-0.2, -0.15) is 0 Å². The van der Waals surface area contributed by atoms with Crippen LogP contribution in [0.2, 0.25) is 0 Å². The van der Waals surface area contributed by atoms with E-state index in [1.165, 1.54) is 6.07 Å². The van der Waals surface area contributed by atoms with Crippen molar-refractivity contribution in [1.29, 1.82) is 0 Å². The van der Waals surface area contributed by atoms with Gasteiger partial charge in [0.1, 0.15) is 11.5 Å². The zero-order valence-corrected chi connectivity index (χ0v) is 14.2. The zero-order chi connectivity index (χ0) is 18.4. The van der Waals surface area contributed by atoms with Crippen LogP contribution in [0.15, 0.2) is 42.5 Å². The quantitative estimate of drug-likeness (QED) is 0.825. The lowest BCUT2D eigenvalue weighted by atomic mass is 10.1. The van der Waals surface area contributed by atoms with Gasteiger partial charge < -0.3 is 14.7 Å². The number of hydrogen-bond donors (Lipinski definition) is 1. The predicted molar refractivity (Wildman–Crippen MR) is 90.3 cm³/mol. The van der Waals surface area contributed by atoms with Crippen LogP contribution in [0.3, 0.4) is 0 Å². The van der Waals surface area contributed by atoms with E-state index in [4.69, 9.17) is 4.74 Å². The lowest BCUT2D eigenvalue weighted by Crippen LogP contribution is -2.40. The summed E-state index contributed by atoms with van der Waals surface area (Å²) in [6.45, 7) is 4.21. The summed E-state index contributed by atoms with van der Waals surface area (Å²) in [7, 11) is 0. The summed E-state index contributed by atoms with van der Waals surface area (Å²) >= 11 is 0. The molecule has 2 rings (SSSR count). The van der Waals surface area contributed by atoms with Gasteiger partial charge in [-0.15, -0.1) is 0 Å². The predicted octanol–water partition coefficient (Wildman–Crippen LogP) is 3.88. The molecule has 6 heteroatoms. The van der Waals surface area contributed by atoms with E-state index < -0.39 is 17.7 Å². The largest absolute Gasteiger partial charge is 0.508 e. The number of amides is 1. The Morgan fingerprint density at radius 3 is 2.56 bits per heavy atom. The SMILES string of the molecule is CCCN(Cc1ccccc1O)C(=O)C(C)Oc1ccc(F)c(F)c1. The van der Waals surface area contributed by atoms with Crippen molar-refractivity contribution in [3.05, 3.63) is 59.7 Å². The fourth-order valence-electron chi connectivity index (χ4n) is 2.45. The summed E-state index contributed by atoms with van der Waals surface area (Å²) < 4.78 is 31.7. The van der Waals surface area contributed by atoms with Gasteiger partial charge in [-0.1, -0.05) is 25.1 Å². The van der Waals surface area contributed by atoms with Crippen LogP contribution in [-0.2, 0) is 11.3 Å². The van der Waals surface area contributed by atoms with Crippen molar-refractivity contribution < 1.29 is 23.4 Å². The molecular formula is C19H21F2NO3. The number of carbonyl (C=O) groups excluding carboxylic acids is 1. The Morgan fingerprint density at radius 2 is 1.92 bits per heavy atom. The number of carbonyl (C=O) groups is 1. The van der Waals surface area contributed by atoms with Gasteiger partial charge in [-0.25, -0.2) is 8.78 Å². The molecule has 2 aromatic carbocycles. The molecule has 1 unspecified atom stereocenters. The van der Waals surface area contributed by atoms with Crippen LogP contribution in [0.4, 0.5) is 8.78 Å². The molecule has 1 N–H and O–H groups in total. The van der Waals surface area contributed by atoms with Gasteiger partial charge in [0.05, 0.1) is 0 Å². The van der Waals surface area contributed by atoms with Gasteiger partial charge in [0.25, 0.3) is 5.91 Å². The summed E-state index contributed by atoms with van der Waals surface area (Å²) in [4.78, 5) is 14.2. The molecule has 0 spiro atoms. The Hall–Kier alpha value is -2.63. The first-order valence-corrected chi connectivity index (χ1v) is 8.09. The molecular weight excluding hydrogens is 328 g/mol. The fraction of sp³-hybridized carbons (Fsp3) is 0.316. The third-order valence-corrected chi connectivity index (χ3v) is 3.71. The van der Waals surface area contributed by atoms with Gasteiger partial charge in [-0.05, 0) is 31.5 Å². The van der Waals surface area contributed by atoms with Crippen molar-refractivity contribution >= 4 is 5.91 Å². The van der Waals surface area contributed by atoms with E-state index >= 15 is 0 Å². The molecule has 25 heavy (non-hydrogen) atoms. The summed E-state index contributed by atoms with van der Waals surface area (Å²) in [5.41, 5.74) is 0.629. The first kappa shape index (κ1) is 18.7. The highest BCUT2D eigenvalue weighted by atomic mass is 19.2. The van der Waals surface area contributed by atoms with Gasteiger partial charge in [0, 0.05) is 24.7 Å². The monoisotopic (exact) mass is 349 g/mol. The topological polar surface area (TPSA) is 49.8 Å². The first-order valence-electron chi connectivity index (χ1n) is 8.09. The minimum Gasteiger partial charge on any atom is -0.508 e. The average molecular weight is 349 g/mol. The Morgan fingerprint density at radius 1 is 1.20 bits per heavy atom. The molecule has 1 atom stereocenters. The number of aromatic hydroxyl groups is 1. The average Bonchev–Trinajstić information content (AvgIpc) is 2.59. The van der Waals surface area contributed by atoms with Gasteiger partial charge in [0.15, 0.2) is 17.7 Å². The van der Waals surface area contributed by atoms with Crippen molar-refractivity contribution in [3.8, 4) is 11.5 Å². The van der Waals surface area contributed by atoms with Crippen LogP contribution in [0.25, 0.3) is 0 Å². The lowest BCUT2D eigenvalue weighted by Gasteiger charge is -2.26. The normalized spacial score (nSPS) is 11.8. The second kappa shape index (κ2) is 8.46. The standard InChI is InChI=1S/C19H21F2NO3/c1-3-10-22(12-14-6-4-5-7-18(14)23)19(24)13(2)25-15-8-9-16(20)17(21)11-15/h4-9,11,13,23H,3,10,12H2,1-2H3. The molecule has 1 amide bonds. The maximum absolute atomic E-state index is 13.3. The van der Waals surface area contributed by atoms with Crippen LogP contribution in [0.5, 0.6) is 11.5 Å². The highest BCUT2D eigenvalue weighted by Gasteiger charge is 2.23. The molecule has 0 aliphatic heterocycles. The van der Waals surface area contributed by atoms with Crippen LogP contribution in [-0.4, -0.2) is 28.6 Å². The maximum atomic E-state index is 13.3. The Balaban J connectivity index is 2.10. The molecule has 0 aliphatic carbocycles. The molecule has 4 nitrogen and oxygen atoms in total. The Kier molecular flexibility index (Phi) is 6.33. The molecule has 0 fully saturated rings.